The van der Waals surface area contributed by atoms with Gasteiger partial charge in [0, 0.05) is 12.4 Å². The molecule has 0 unspecified atom stereocenters. The first-order chi connectivity index (χ1) is 5.84. The molecule has 0 aliphatic rings. The maximum absolute atomic E-state index is 5.62. The third-order valence-electron chi connectivity index (χ3n) is 1.32. The highest BCUT2D eigenvalue weighted by molar-refractivity contribution is 7.15. The second-order valence-electron chi connectivity index (χ2n) is 2.18. The minimum atomic E-state index is 0.477. The Labute approximate surface area is 77.8 Å². The second-order valence-corrected chi connectivity index (χ2v) is 3.83. The van der Waals surface area contributed by atoms with Crippen LogP contribution in [0.2, 0.25) is 4.47 Å². The Morgan fingerprint density at radius 2 is 2.42 bits per heavy atom. The molecule has 0 aromatic carbocycles. The Morgan fingerprint density at radius 1 is 1.50 bits per heavy atom. The normalized spacial score (nSPS) is 10.4. The number of nitrogens with zero attached hydrogens (tertiary/aromatic N) is 4. The van der Waals surface area contributed by atoms with E-state index in [1.54, 1.807) is 12.5 Å². The van der Waals surface area contributed by atoms with Crippen LogP contribution in [0.4, 0.5) is 0 Å². The van der Waals surface area contributed by atoms with Crippen LogP contribution in [0.15, 0.2) is 18.7 Å². The molecule has 0 aliphatic heterocycles. The van der Waals surface area contributed by atoms with Gasteiger partial charge in [0.1, 0.15) is 5.01 Å². The molecule has 2 rings (SSSR count). The van der Waals surface area contributed by atoms with Crippen molar-refractivity contribution in [1.82, 2.24) is 19.7 Å². The van der Waals surface area contributed by atoms with E-state index in [-0.39, 0.29) is 0 Å². The van der Waals surface area contributed by atoms with Crippen molar-refractivity contribution in [2.24, 2.45) is 0 Å². The Kier molecular flexibility index (Phi) is 2.05. The third kappa shape index (κ3) is 1.62. The minimum Gasteiger partial charge on any atom is -0.331 e. The molecule has 0 saturated carbocycles. The second kappa shape index (κ2) is 3.20. The molecule has 0 saturated heterocycles. The number of halogens is 1. The predicted molar refractivity (Wildman–Crippen MR) is 46.2 cm³/mol. The third-order valence-corrected chi connectivity index (χ3v) is 2.32. The molecule has 0 N–H and O–H groups in total. The lowest BCUT2D eigenvalue weighted by Gasteiger charge is -1.93. The van der Waals surface area contributed by atoms with Crippen molar-refractivity contribution < 1.29 is 0 Å². The number of imidazole rings is 1. The van der Waals surface area contributed by atoms with E-state index in [4.69, 9.17) is 11.6 Å². The highest BCUT2D eigenvalue weighted by Gasteiger charge is 2.01. The van der Waals surface area contributed by atoms with Gasteiger partial charge < -0.3 is 4.57 Å². The molecule has 0 spiro atoms. The molecule has 0 bridgehead atoms. The van der Waals surface area contributed by atoms with E-state index < -0.39 is 0 Å². The van der Waals surface area contributed by atoms with Crippen molar-refractivity contribution in [3.63, 3.8) is 0 Å². The standard InChI is InChI=1S/C6H5ClN4S/c7-6-10-9-5(12-6)3-11-2-1-8-4-11/h1-2,4H,3H2. The monoisotopic (exact) mass is 200 g/mol. The molecular formula is C6H5ClN4S. The van der Waals surface area contributed by atoms with Gasteiger partial charge in [-0.2, -0.15) is 0 Å². The van der Waals surface area contributed by atoms with Crippen LogP contribution in [0, 0.1) is 0 Å². The fraction of sp³-hybridized carbons (Fsp3) is 0.167. The van der Waals surface area contributed by atoms with Crippen molar-refractivity contribution in [2.75, 3.05) is 0 Å². The van der Waals surface area contributed by atoms with Crippen LogP contribution >= 0.6 is 22.9 Å². The Bertz CT molecular complexity index is 355. The first-order valence-corrected chi connectivity index (χ1v) is 4.47. The number of aromatic nitrogens is 4. The lowest BCUT2D eigenvalue weighted by atomic mass is 10.6. The summed E-state index contributed by atoms with van der Waals surface area (Å²) in [5, 5.41) is 8.46. The molecule has 12 heavy (non-hydrogen) atoms. The van der Waals surface area contributed by atoms with Gasteiger partial charge in [0.25, 0.3) is 0 Å². The highest BCUT2D eigenvalue weighted by Crippen LogP contribution is 2.15. The minimum absolute atomic E-state index is 0.477. The average Bonchev–Trinajstić information content (AvgIpc) is 2.63. The summed E-state index contributed by atoms with van der Waals surface area (Å²) in [6.45, 7) is 0.685. The number of hydrogen-bond acceptors (Lipinski definition) is 4. The van der Waals surface area contributed by atoms with Gasteiger partial charge in [-0.25, -0.2) is 4.98 Å². The van der Waals surface area contributed by atoms with Crippen LogP contribution in [0.5, 0.6) is 0 Å². The summed E-state index contributed by atoms with van der Waals surface area (Å²) in [6.07, 6.45) is 5.33. The lowest BCUT2D eigenvalue weighted by Crippen LogP contribution is -1.95. The predicted octanol–water partition coefficient (Wildman–Crippen LogP) is 1.44. The van der Waals surface area contributed by atoms with E-state index in [0.29, 0.717) is 11.0 Å². The molecule has 0 fully saturated rings. The zero-order valence-electron chi connectivity index (χ0n) is 6.01. The van der Waals surface area contributed by atoms with Crippen molar-refractivity contribution in [3.05, 3.63) is 28.2 Å². The van der Waals surface area contributed by atoms with Crippen LogP contribution < -0.4 is 0 Å². The largest absolute Gasteiger partial charge is 0.331 e. The van der Waals surface area contributed by atoms with E-state index in [1.165, 1.54) is 11.3 Å². The van der Waals surface area contributed by atoms with Crippen molar-refractivity contribution >= 4 is 22.9 Å². The molecule has 0 radical (unpaired) electrons. The van der Waals surface area contributed by atoms with E-state index in [9.17, 15) is 0 Å². The molecule has 2 aromatic heterocycles. The van der Waals surface area contributed by atoms with E-state index in [0.717, 1.165) is 5.01 Å². The summed E-state index contributed by atoms with van der Waals surface area (Å²) >= 11 is 7.00. The van der Waals surface area contributed by atoms with Gasteiger partial charge in [-0.15, -0.1) is 10.2 Å². The highest BCUT2D eigenvalue weighted by atomic mass is 35.5. The van der Waals surface area contributed by atoms with Crippen LogP contribution in [-0.4, -0.2) is 19.7 Å². The maximum Gasteiger partial charge on any atom is 0.207 e. The fourth-order valence-electron chi connectivity index (χ4n) is 0.833. The van der Waals surface area contributed by atoms with Crippen molar-refractivity contribution in [1.29, 1.82) is 0 Å². The van der Waals surface area contributed by atoms with Crippen molar-refractivity contribution in [2.45, 2.75) is 6.54 Å². The molecular weight excluding hydrogens is 196 g/mol. The van der Waals surface area contributed by atoms with Gasteiger partial charge in [-0.05, 0) is 11.6 Å². The van der Waals surface area contributed by atoms with Gasteiger partial charge in [0.05, 0.1) is 12.9 Å². The van der Waals surface area contributed by atoms with E-state index in [1.807, 2.05) is 10.8 Å². The van der Waals surface area contributed by atoms with Crippen LogP contribution in [0.1, 0.15) is 5.01 Å². The molecule has 0 atom stereocenters. The van der Waals surface area contributed by atoms with Crippen LogP contribution in [0.3, 0.4) is 0 Å². The summed E-state index contributed by atoms with van der Waals surface area (Å²) in [5.74, 6) is 0. The SMILES string of the molecule is Clc1nnc(Cn2ccnc2)s1. The van der Waals surface area contributed by atoms with Crippen LogP contribution in [-0.2, 0) is 6.54 Å². The molecule has 4 nitrogen and oxygen atoms in total. The van der Waals surface area contributed by atoms with Crippen molar-refractivity contribution in [3.8, 4) is 0 Å². The van der Waals surface area contributed by atoms with Crippen LogP contribution in [0.25, 0.3) is 0 Å². The van der Waals surface area contributed by atoms with Gasteiger partial charge in [-0.3, -0.25) is 0 Å². The Balaban J connectivity index is 2.14. The van der Waals surface area contributed by atoms with Gasteiger partial charge in [0.15, 0.2) is 0 Å². The molecule has 0 amide bonds. The molecule has 62 valence electrons. The van der Waals surface area contributed by atoms with E-state index >= 15 is 0 Å². The molecule has 0 aliphatic carbocycles. The summed E-state index contributed by atoms with van der Waals surface area (Å²) in [4.78, 5) is 3.91. The van der Waals surface area contributed by atoms with Gasteiger partial charge in [-0.1, -0.05) is 11.3 Å². The van der Waals surface area contributed by atoms with Gasteiger partial charge in [0.2, 0.25) is 4.47 Å². The Hall–Kier alpha value is -0.940. The summed E-state index contributed by atoms with van der Waals surface area (Å²) < 4.78 is 2.39. The number of hydrogen-bond donors (Lipinski definition) is 0. The lowest BCUT2D eigenvalue weighted by molar-refractivity contribution is 0.777. The maximum atomic E-state index is 5.62. The van der Waals surface area contributed by atoms with E-state index in [2.05, 4.69) is 15.2 Å². The molecule has 2 heterocycles. The summed E-state index contributed by atoms with van der Waals surface area (Å²) in [7, 11) is 0. The summed E-state index contributed by atoms with van der Waals surface area (Å²) in [5.41, 5.74) is 0. The zero-order chi connectivity index (χ0) is 8.39. The molecule has 6 heteroatoms. The Morgan fingerprint density at radius 3 is 3.00 bits per heavy atom. The summed E-state index contributed by atoms with van der Waals surface area (Å²) in [6, 6.07) is 0. The molecule has 2 aromatic rings. The topological polar surface area (TPSA) is 43.6 Å². The quantitative estimate of drug-likeness (QED) is 0.737. The smallest absolute Gasteiger partial charge is 0.207 e. The first-order valence-electron chi connectivity index (χ1n) is 3.28. The number of rotatable bonds is 2. The van der Waals surface area contributed by atoms with Gasteiger partial charge >= 0.3 is 0 Å². The zero-order valence-corrected chi connectivity index (χ0v) is 7.59. The average molecular weight is 201 g/mol. The first kappa shape index (κ1) is 7.70. The fourth-order valence-corrected chi connectivity index (χ4v) is 1.71.